The third-order valence-corrected chi connectivity index (χ3v) is 3.75. The number of phenolic OH excluding ortho intramolecular Hbond substituents is 1. The van der Waals surface area contributed by atoms with Gasteiger partial charge in [-0.05, 0) is 23.8 Å². The molecule has 0 radical (unpaired) electrons. The Bertz CT molecular complexity index is 854. The molecule has 25 heavy (non-hydrogen) atoms. The molecule has 0 aliphatic rings. The minimum absolute atomic E-state index is 0.122. The van der Waals surface area contributed by atoms with Gasteiger partial charge in [-0.3, -0.25) is 0 Å². The van der Waals surface area contributed by atoms with Crippen LogP contribution >= 0.6 is 0 Å². The highest BCUT2D eigenvalue weighted by molar-refractivity contribution is 5.57. The molecular formula is C20H17F2NO2. The van der Waals surface area contributed by atoms with E-state index in [0.29, 0.717) is 18.9 Å². The fraction of sp³-hybridized carbons (Fsp3) is 0.100. The van der Waals surface area contributed by atoms with Crippen molar-refractivity contribution in [2.45, 2.75) is 13.2 Å². The second kappa shape index (κ2) is 7.66. The summed E-state index contributed by atoms with van der Waals surface area (Å²) in [5, 5.41) is 12.6. The molecule has 0 heterocycles. The Morgan fingerprint density at radius 2 is 1.60 bits per heavy atom. The number of hydrogen-bond donors (Lipinski definition) is 2. The van der Waals surface area contributed by atoms with Gasteiger partial charge in [-0.15, -0.1) is 0 Å². The quantitative estimate of drug-likeness (QED) is 0.629. The number of phenols is 1. The number of anilines is 1. The summed E-state index contributed by atoms with van der Waals surface area (Å²) in [6.07, 6.45) is 0. The van der Waals surface area contributed by atoms with Gasteiger partial charge in [0.25, 0.3) is 0 Å². The van der Waals surface area contributed by atoms with Crippen molar-refractivity contribution in [1.82, 2.24) is 0 Å². The lowest BCUT2D eigenvalue weighted by atomic mass is 10.2. The number of para-hydroxylation sites is 1. The Labute approximate surface area is 144 Å². The Kier molecular flexibility index (Phi) is 5.14. The monoisotopic (exact) mass is 341 g/mol. The smallest absolute Gasteiger partial charge is 0.202 e. The summed E-state index contributed by atoms with van der Waals surface area (Å²) in [5.74, 6) is -2.41. The standard InChI is InChI=1S/C20H17F2NO2/c21-16-10-11-17(20(24)19(16)22)23-12-15-8-4-5-9-18(15)25-13-14-6-2-1-3-7-14/h1-11,23-24H,12-13H2. The molecule has 2 N–H and O–H groups in total. The number of halogens is 2. The van der Waals surface area contributed by atoms with E-state index in [0.717, 1.165) is 17.2 Å². The molecule has 0 aliphatic heterocycles. The molecule has 0 unspecified atom stereocenters. The number of benzene rings is 3. The topological polar surface area (TPSA) is 41.5 Å². The summed E-state index contributed by atoms with van der Waals surface area (Å²) in [7, 11) is 0. The normalized spacial score (nSPS) is 10.5. The predicted octanol–water partition coefficient (Wildman–Crippen LogP) is 4.86. The zero-order chi connectivity index (χ0) is 17.6. The van der Waals surface area contributed by atoms with Gasteiger partial charge in [0.1, 0.15) is 12.4 Å². The van der Waals surface area contributed by atoms with Gasteiger partial charge in [0.15, 0.2) is 11.6 Å². The summed E-state index contributed by atoms with van der Waals surface area (Å²) < 4.78 is 32.3. The molecular weight excluding hydrogens is 324 g/mol. The van der Waals surface area contributed by atoms with E-state index in [9.17, 15) is 13.9 Å². The van der Waals surface area contributed by atoms with Crippen molar-refractivity contribution in [2.75, 3.05) is 5.32 Å². The highest BCUT2D eigenvalue weighted by Crippen LogP contribution is 2.29. The lowest BCUT2D eigenvalue weighted by Crippen LogP contribution is -2.04. The molecule has 3 aromatic carbocycles. The van der Waals surface area contributed by atoms with Crippen molar-refractivity contribution in [2.24, 2.45) is 0 Å². The van der Waals surface area contributed by atoms with Gasteiger partial charge < -0.3 is 15.2 Å². The van der Waals surface area contributed by atoms with Crippen LogP contribution < -0.4 is 10.1 Å². The number of nitrogens with one attached hydrogen (secondary N) is 1. The molecule has 3 nitrogen and oxygen atoms in total. The Hall–Kier alpha value is -3.08. The number of hydrogen-bond acceptors (Lipinski definition) is 3. The van der Waals surface area contributed by atoms with E-state index < -0.39 is 17.4 Å². The zero-order valence-corrected chi connectivity index (χ0v) is 13.4. The van der Waals surface area contributed by atoms with Gasteiger partial charge in [0.05, 0.1) is 5.69 Å². The number of aromatic hydroxyl groups is 1. The molecule has 0 aliphatic carbocycles. The number of rotatable bonds is 6. The van der Waals surface area contributed by atoms with Crippen LogP contribution in [0, 0.1) is 11.6 Å². The molecule has 0 amide bonds. The first-order valence-corrected chi connectivity index (χ1v) is 7.80. The fourth-order valence-electron chi connectivity index (χ4n) is 2.40. The average Bonchev–Trinajstić information content (AvgIpc) is 2.65. The van der Waals surface area contributed by atoms with E-state index in [1.165, 1.54) is 6.07 Å². The fourth-order valence-corrected chi connectivity index (χ4v) is 2.40. The maximum absolute atomic E-state index is 13.4. The Balaban J connectivity index is 1.70. The third-order valence-electron chi connectivity index (χ3n) is 3.75. The lowest BCUT2D eigenvalue weighted by molar-refractivity contribution is 0.303. The van der Waals surface area contributed by atoms with Gasteiger partial charge in [-0.1, -0.05) is 48.5 Å². The highest BCUT2D eigenvalue weighted by Gasteiger charge is 2.12. The predicted molar refractivity (Wildman–Crippen MR) is 92.6 cm³/mol. The van der Waals surface area contributed by atoms with Crippen LogP contribution in [-0.4, -0.2) is 5.11 Å². The molecule has 0 bridgehead atoms. The summed E-state index contributed by atoms with van der Waals surface area (Å²) in [4.78, 5) is 0. The minimum Gasteiger partial charge on any atom is -0.503 e. The third kappa shape index (κ3) is 4.07. The van der Waals surface area contributed by atoms with Crippen molar-refractivity contribution >= 4 is 5.69 Å². The van der Waals surface area contributed by atoms with Crippen molar-refractivity contribution in [3.05, 3.63) is 89.5 Å². The summed E-state index contributed by atoms with van der Waals surface area (Å²) in [6, 6.07) is 19.5. The van der Waals surface area contributed by atoms with Crippen molar-refractivity contribution in [3.63, 3.8) is 0 Å². The van der Waals surface area contributed by atoms with Gasteiger partial charge in [0, 0.05) is 12.1 Å². The maximum atomic E-state index is 13.4. The molecule has 3 aromatic rings. The van der Waals surface area contributed by atoms with Crippen LogP contribution in [0.5, 0.6) is 11.5 Å². The van der Waals surface area contributed by atoms with Crippen LogP contribution in [0.25, 0.3) is 0 Å². The van der Waals surface area contributed by atoms with Gasteiger partial charge >= 0.3 is 0 Å². The van der Waals surface area contributed by atoms with E-state index in [1.807, 2.05) is 54.6 Å². The molecule has 0 fully saturated rings. The summed E-state index contributed by atoms with van der Waals surface area (Å²) in [5.41, 5.74) is 2.00. The number of ether oxygens (including phenoxy) is 1. The summed E-state index contributed by atoms with van der Waals surface area (Å²) >= 11 is 0. The average molecular weight is 341 g/mol. The molecule has 5 heteroatoms. The van der Waals surface area contributed by atoms with E-state index in [2.05, 4.69) is 5.32 Å². The molecule has 3 rings (SSSR count). The maximum Gasteiger partial charge on any atom is 0.202 e. The van der Waals surface area contributed by atoms with Crippen molar-refractivity contribution < 1.29 is 18.6 Å². The van der Waals surface area contributed by atoms with Crippen molar-refractivity contribution in [1.29, 1.82) is 0 Å². The van der Waals surface area contributed by atoms with E-state index >= 15 is 0 Å². The second-order valence-electron chi connectivity index (χ2n) is 5.49. The Morgan fingerprint density at radius 3 is 2.40 bits per heavy atom. The van der Waals surface area contributed by atoms with Gasteiger partial charge in [-0.2, -0.15) is 4.39 Å². The molecule has 0 atom stereocenters. The zero-order valence-electron chi connectivity index (χ0n) is 13.4. The van der Waals surface area contributed by atoms with Crippen LogP contribution in [0.3, 0.4) is 0 Å². The van der Waals surface area contributed by atoms with E-state index in [1.54, 1.807) is 0 Å². The van der Waals surface area contributed by atoms with Crippen LogP contribution in [0.2, 0.25) is 0 Å². The first-order chi connectivity index (χ1) is 12.1. The molecule has 0 aromatic heterocycles. The van der Waals surface area contributed by atoms with Crippen molar-refractivity contribution in [3.8, 4) is 11.5 Å². The second-order valence-corrected chi connectivity index (χ2v) is 5.49. The van der Waals surface area contributed by atoms with Crippen LogP contribution in [0.4, 0.5) is 14.5 Å². The molecule has 128 valence electrons. The van der Waals surface area contributed by atoms with Gasteiger partial charge in [0.2, 0.25) is 5.82 Å². The van der Waals surface area contributed by atoms with Crippen LogP contribution in [0.15, 0.2) is 66.7 Å². The largest absolute Gasteiger partial charge is 0.503 e. The molecule has 0 saturated carbocycles. The molecule has 0 spiro atoms. The SMILES string of the molecule is Oc1c(NCc2ccccc2OCc2ccccc2)ccc(F)c1F. The Morgan fingerprint density at radius 1 is 0.880 bits per heavy atom. The van der Waals surface area contributed by atoms with Gasteiger partial charge in [-0.25, -0.2) is 4.39 Å². The first kappa shape index (κ1) is 16.8. The lowest BCUT2D eigenvalue weighted by Gasteiger charge is -2.14. The van der Waals surface area contributed by atoms with Crippen LogP contribution in [0.1, 0.15) is 11.1 Å². The molecule has 0 saturated heterocycles. The van der Waals surface area contributed by atoms with E-state index in [4.69, 9.17) is 4.74 Å². The van der Waals surface area contributed by atoms with Crippen LogP contribution in [-0.2, 0) is 13.2 Å². The van der Waals surface area contributed by atoms with E-state index in [-0.39, 0.29) is 5.69 Å². The highest BCUT2D eigenvalue weighted by atomic mass is 19.2. The first-order valence-electron chi connectivity index (χ1n) is 7.80. The summed E-state index contributed by atoms with van der Waals surface area (Å²) in [6.45, 7) is 0.720. The minimum atomic E-state index is -1.27.